The molecule has 0 aliphatic rings. The molecule has 0 aliphatic heterocycles. The molecule has 18 heavy (non-hydrogen) atoms. The molecule has 1 aromatic rings. The molecule has 100 valence electrons. The zero-order chi connectivity index (χ0) is 14.0. The van der Waals surface area contributed by atoms with Crippen LogP contribution in [0.2, 0.25) is 0 Å². The fraction of sp³-hybridized carbons (Fsp3) is 0.533. The number of rotatable bonds is 4. The maximum absolute atomic E-state index is 12.2. The van der Waals surface area contributed by atoms with Gasteiger partial charge in [-0.15, -0.1) is 11.6 Å². The third-order valence-corrected chi connectivity index (χ3v) is 3.78. The highest BCUT2D eigenvalue weighted by atomic mass is 35.5. The van der Waals surface area contributed by atoms with E-state index in [1.54, 1.807) is 0 Å². The second-order valence-electron chi connectivity index (χ2n) is 5.97. The molecular formula is C15H22ClNO. The van der Waals surface area contributed by atoms with Crippen molar-refractivity contribution in [3.05, 3.63) is 35.4 Å². The summed E-state index contributed by atoms with van der Waals surface area (Å²) in [5.41, 5.74) is 1.34. The molecule has 0 atom stereocenters. The molecule has 0 saturated carbocycles. The fourth-order valence-electron chi connectivity index (χ4n) is 1.62. The van der Waals surface area contributed by atoms with Gasteiger partial charge in [0.2, 0.25) is 5.91 Å². The third-order valence-electron chi connectivity index (χ3n) is 3.11. The van der Waals surface area contributed by atoms with Crippen LogP contribution in [-0.4, -0.2) is 11.8 Å². The second kappa shape index (κ2) is 5.31. The molecule has 1 amide bonds. The lowest BCUT2D eigenvalue weighted by atomic mass is 9.89. The summed E-state index contributed by atoms with van der Waals surface area (Å²) in [7, 11) is 0. The maximum atomic E-state index is 12.2. The normalized spacial score (nSPS) is 12.3. The van der Waals surface area contributed by atoms with Gasteiger partial charge in [0, 0.05) is 5.88 Å². The van der Waals surface area contributed by atoms with Crippen LogP contribution in [-0.2, 0) is 10.3 Å². The number of nitrogens with one attached hydrogen (secondary N) is 1. The van der Waals surface area contributed by atoms with Crippen molar-refractivity contribution in [3.63, 3.8) is 0 Å². The van der Waals surface area contributed by atoms with Gasteiger partial charge in [0.1, 0.15) is 0 Å². The molecule has 0 aliphatic carbocycles. The molecule has 0 unspecified atom stereocenters. The van der Waals surface area contributed by atoms with Crippen molar-refractivity contribution < 1.29 is 4.79 Å². The molecule has 1 aromatic carbocycles. The van der Waals surface area contributed by atoms with Crippen molar-refractivity contribution in [1.29, 1.82) is 0 Å². The smallest absolute Gasteiger partial charge is 0.227 e. The van der Waals surface area contributed by atoms with Gasteiger partial charge in [-0.3, -0.25) is 4.79 Å². The Hall–Kier alpha value is -1.02. The first-order valence-corrected chi connectivity index (χ1v) is 6.68. The van der Waals surface area contributed by atoms with Crippen LogP contribution in [0.3, 0.4) is 0 Å². The van der Waals surface area contributed by atoms with E-state index in [2.05, 4.69) is 11.4 Å². The lowest BCUT2D eigenvalue weighted by molar-refractivity contribution is -0.130. The molecular weight excluding hydrogens is 246 g/mol. The number of hydrogen-bond acceptors (Lipinski definition) is 1. The minimum atomic E-state index is -0.553. The van der Waals surface area contributed by atoms with Crippen molar-refractivity contribution in [2.75, 3.05) is 5.88 Å². The number of aryl methyl sites for hydroxylation is 1. The van der Waals surface area contributed by atoms with Gasteiger partial charge in [-0.05, 0) is 40.2 Å². The van der Waals surface area contributed by atoms with Crippen LogP contribution < -0.4 is 5.32 Å². The Bertz CT molecular complexity index is 438. The molecule has 0 fully saturated rings. The number of hydrogen-bond donors (Lipinski definition) is 1. The van der Waals surface area contributed by atoms with Crippen molar-refractivity contribution in [2.45, 2.75) is 40.2 Å². The Labute approximate surface area is 115 Å². The van der Waals surface area contributed by atoms with Gasteiger partial charge < -0.3 is 5.32 Å². The average Bonchev–Trinajstić information content (AvgIpc) is 2.28. The molecule has 2 nitrogen and oxygen atoms in total. The van der Waals surface area contributed by atoms with Gasteiger partial charge in [0.05, 0.1) is 11.0 Å². The van der Waals surface area contributed by atoms with Crippen molar-refractivity contribution in [2.24, 2.45) is 5.41 Å². The Balaban J connectivity index is 2.92. The zero-order valence-electron chi connectivity index (χ0n) is 11.8. The third kappa shape index (κ3) is 3.49. The van der Waals surface area contributed by atoms with Crippen LogP contribution >= 0.6 is 11.6 Å². The molecule has 0 aromatic heterocycles. The van der Waals surface area contributed by atoms with Crippen LogP contribution in [0.1, 0.15) is 38.8 Å². The molecule has 1 rings (SSSR count). The lowest BCUT2D eigenvalue weighted by Gasteiger charge is -2.31. The van der Waals surface area contributed by atoms with E-state index in [-0.39, 0.29) is 5.91 Å². The number of amides is 1. The van der Waals surface area contributed by atoms with Crippen LogP contribution in [0.5, 0.6) is 0 Å². The first-order chi connectivity index (χ1) is 8.19. The molecule has 0 spiro atoms. The summed E-state index contributed by atoms with van der Waals surface area (Å²) in [5, 5.41) is 3.07. The highest BCUT2D eigenvalue weighted by molar-refractivity contribution is 6.19. The summed E-state index contributed by atoms with van der Waals surface area (Å²) in [5.74, 6) is 0.284. The highest BCUT2D eigenvalue weighted by Gasteiger charge is 2.32. The molecule has 0 heterocycles. The minimum absolute atomic E-state index is 0.0241. The second-order valence-corrected chi connectivity index (χ2v) is 6.23. The number of alkyl halides is 1. The zero-order valence-corrected chi connectivity index (χ0v) is 12.6. The summed E-state index contributed by atoms with van der Waals surface area (Å²) in [6, 6.07) is 8.17. The fourth-order valence-corrected chi connectivity index (χ4v) is 1.74. The molecule has 3 heteroatoms. The van der Waals surface area contributed by atoms with E-state index < -0.39 is 11.0 Å². The quantitative estimate of drug-likeness (QED) is 0.830. The Kier molecular flexibility index (Phi) is 4.44. The van der Waals surface area contributed by atoms with Crippen LogP contribution in [0.25, 0.3) is 0 Å². The molecule has 0 saturated heterocycles. The van der Waals surface area contributed by atoms with Gasteiger partial charge in [-0.1, -0.05) is 29.8 Å². The van der Waals surface area contributed by atoms with Crippen LogP contribution in [0.4, 0.5) is 0 Å². The summed E-state index contributed by atoms with van der Waals surface area (Å²) >= 11 is 5.83. The van der Waals surface area contributed by atoms with E-state index in [1.807, 2.05) is 52.8 Å². The topological polar surface area (TPSA) is 29.1 Å². The first-order valence-electron chi connectivity index (χ1n) is 6.15. The summed E-state index contributed by atoms with van der Waals surface area (Å²) < 4.78 is 0. The SMILES string of the molecule is Cc1cccc(C(C)(C)NC(=O)C(C)(C)CCl)c1. The van der Waals surface area contributed by atoms with E-state index in [9.17, 15) is 4.79 Å². The Morgan fingerprint density at radius 1 is 1.28 bits per heavy atom. The molecule has 0 bridgehead atoms. The lowest BCUT2D eigenvalue weighted by Crippen LogP contribution is -2.47. The summed E-state index contributed by atoms with van der Waals surface area (Å²) in [4.78, 5) is 12.2. The van der Waals surface area contributed by atoms with Gasteiger partial charge in [0.25, 0.3) is 0 Å². The first kappa shape index (κ1) is 15.0. The number of benzene rings is 1. The number of halogens is 1. The molecule has 1 N–H and O–H groups in total. The average molecular weight is 268 g/mol. The van der Waals surface area contributed by atoms with Gasteiger partial charge >= 0.3 is 0 Å². The van der Waals surface area contributed by atoms with Crippen LogP contribution in [0, 0.1) is 12.3 Å². The minimum Gasteiger partial charge on any atom is -0.347 e. The predicted octanol–water partition coefficient (Wildman–Crippen LogP) is 3.61. The van der Waals surface area contributed by atoms with E-state index >= 15 is 0 Å². The summed E-state index contributed by atoms with van der Waals surface area (Å²) in [6.07, 6.45) is 0. The standard InChI is InChI=1S/C15H22ClNO/c1-11-7-6-8-12(9-11)15(4,5)17-13(18)14(2,3)10-16/h6-9H,10H2,1-5H3,(H,17,18). The largest absolute Gasteiger partial charge is 0.347 e. The van der Waals surface area contributed by atoms with Crippen molar-refractivity contribution in [3.8, 4) is 0 Å². The van der Waals surface area contributed by atoms with Gasteiger partial charge in [0.15, 0.2) is 0 Å². The van der Waals surface area contributed by atoms with E-state index in [4.69, 9.17) is 11.6 Å². The van der Waals surface area contributed by atoms with Crippen molar-refractivity contribution in [1.82, 2.24) is 5.32 Å². The van der Waals surface area contributed by atoms with E-state index in [0.717, 1.165) is 5.56 Å². The highest BCUT2D eigenvalue weighted by Crippen LogP contribution is 2.24. The number of carbonyl (C=O) groups excluding carboxylic acids is 1. The maximum Gasteiger partial charge on any atom is 0.227 e. The summed E-state index contributed by atoms with van der Waals surface area (Å²) in [6.45, 7) is 9.75. The number of carbonyl (C=O) groups is 1. The van der Waals surface area contributed by atoms with E-state index in [0.29, 0.717) is 5.88 Å². The monoisotopic (exact) mass is 267 g/mol. The Morgan fingerprint density at radius 2 is 1.89 bits per heavy atom. The van der Waals surface area contributed by atoms with Crippen molar-refractivity contribution >= 4 is 17.5 Å². The molecule has 0 radical (unpaired) electrons. The van der Waals surface area contributed by atoms with E-state index in [1.165, 1.54) is 5.56 Å². The predicted molar refractivity (Wildman–Crippen MR) is 76.8 cm³/mol. The van der Waals surface area contributed by atoms with Gasteiger partial charge in [-0.2, -0.15) is 0 Å². The van der Waals surface area contributed by atoms with Crippen LogP contribution in [0.15, 0.2) is 24.3 Å². The van der Waals surface area contributed by atoms with Gasteiger partial charge in [-0.25, -0.2) is 0 Å². The Morgan fingerprint density at radius 3 is 2.39 bits per heavy atom.